The number of rotatable bonds is 6. The van der Waals surface area contributed by atoms with Gasteiger partial charge in [-0.1, -0.05) is 0 Å². The third-order valence-electron chi connectivity index (χ3n) is 2.58. The molecule has 1 atom stereocenters. The molecule has 1 rings (SSSR count). The monoisotopic (exact) mass is 320 g/mol. The summed E-state index contributed by atoms with van der Waals surface area (Å²) in [4.78, 5) is 0. The molecule has 0 amide bonds. The van der Waals surface area contributed by atoms with Gasteiger partial charge in [0, 0.05) is 0 Å². The Hall–Kier alpha value is 0.389. The second-order valence-electron chi connectivity index (χ2n) is 4.21. The minimum absolute atomic E-state index is 0.633. The molecule has 90 valence electrons. The zero-order valence-corrected chi connectivity index (χ0v) is 13.8. The Bertz CT molecular complexity index is 348. The zero-order valence-electron chi connectivity index (χ0n) is 10.3. The molecular formula is C13H21PSSe. The van der Waals surface area contributed by atoms with E-state index in [-0.39, 0.29) is 0 Å². The maximum atomic E-state index is 6.04. The second-order valence-corrected chi connectivity index (χ2v) is 16.6. The van der Waals surface area contributed by atoms with Gasteiger partial charge in [0.2, 0.25) is 0 Å². The molecule has 0 aliphatic carbocycles. The molecule has 1 unspecified atom stereocenters. The summed E-state index contributed by atoms with van der Waals surface area (Å²) in [5.74, 6) is 0. The number of hydrogen-bond acceptors (Lipinski definition) is 1. The van der Waals surface area contributed by atoms with Gasteiger partial charge in [-0.25, -0.2) is 0 Å². The van der Waals surface area contributed by atoms with Crippen LogP contribution in [0.15, 0.2) is 30.3 Å². The summed E-state index contributed by atoms with van der Waals surface area (Å²) in [6, 6.07) is 10.8. The minimum atomic E-state index is -1.28. The predicted octanol–water partition coefficient (Wildman–Crippen LogP) is 4.04. The molecule has 0 fully saturated rings. The van der Waals surface area contributed by atoms with Crippen LogP contribution < -0.4 is 5.30 Å². The van der Waals surface area contributed by atoms with Gasteiger partial charge in [0.25, 0.3) is 0 Å². The first-order chi connectivity index (χ1) is 7.61. The quantitative estimate of drug-likeness (QED) is 0.433. The van der Waals surface area contributed by atoms with Gasteiger partial charge in [-0.05, 0) is 0 Å². The van der Waals surface area contributed by atoms with Crippen molar-refractivity contribution in [3.8, 4) is 0 Å². The van der Waals surface area contributed by atoms with Crippen molar-refractivity contribution in [1.29, 1.82) is 0 Å². The van der Waals surface area contributed by atoms with Crippen molar-refractivity contribution < 1.29 is 0 Å². The first-order valence-corrected chi connectivity index (χ1v) is 12.2. The van der Waals surface area contributed by atoms with E-state index in [9.17, 15) is 0 Å². The van der Waals surface area contributed by atoms with Crippen LogP contribution in [0.4, 0.5) is 0 Å². The van der Waals surface area contributed by atoms with Gasteiger partial charge in [0.15, 0.2) is 0 Å². The average Bonchev–Trinajstić information content (AvgIpc) is 2.30. The van der Waals surface area contributed by atoms with Crippen molar-refractivity contribution in [3.63, 3.8) is 0 Å². The van der Waals surface area contributed by atoms with Crippen LogP contribution in [0.2, 0.25) is 5.32 Å². The molecule has 1 aromatic carbocycles. The van der Waals surface area contributed by atoms with E-state index in [1.807, 2.05) is 0 Å². The van der Waals surface area contributed by atoms with Crippen molar-refractivity contribution in [2.75, 3.05) is 0 Å². The second kappa shape index (κ2) is 6.96. The first-order valence-electron chi connectivity index (χ1n) is 5.91. The molecule has 0 saturated heterocycles. The SMILES string of the molecule is CCCC[Se]P(=S)(c1ccccc1)C(C)C. The molecule has 1 aromatic rings. The van der Waals surface area contributed by atoms with Crippen LogP contribution in [0.25, 0.3) is 0 Å². The van der Waals surface area contributed by atoms with Gasteiger partial charge >= 0.3 is 111 Å². The Morgan fingerprint density at radius 1 is 1.25 bits per heavy atom. The van der Waals surface area contributed by atoms with E-state index < -0.39 is 4.73 Å². The van der Waals surface area contributed by atoms with Crippen LogP contribution >= 0.6 is 4.73 Å². The van der Waals surface area contributed by atoms with Gasteiger partial charge in [-0.3, -0.25) is 0 Å². The Balaban J connectivity index is 2.85. The van der Waals surface area contributed by atoms with Gasteiger partial charge in [0.05, 0.1) is 0 Å². The van der Waals surface area contributed by atoms with E-state index in [0.29, 0.717) is 20.2 Å². The van der Waals surface area contributed by atoms with E-state index in [4.69, 9.17) is 11.8 Å². The molecule has 3 heteroatoms. The number of unbranched alkanes of at least 4 members (excludes halogenated alkanes) is 1. The summed E-state index contributed by atoms with van der Waals surface area (Å²) < 4.78 is -1.28. The fourth-order valence-electron chi connectivity index (χ4n) is 1.50. The van der Waals surface area contributed by atoms with E-state index >= 15 is 0 Å². The van der Waals surface area contributed by atoms with Gasteiger partial charge in [-0.15, -0.1) is 0 Å². The molecule has 16 heavy (non-hydrogen) atoms. The van der Waals surface area contributed by atoms with Crippen molar-refractivity contribution in [2.24, 2.45) is 0 Å². The summed E-state index contributed by atoms with van der Waals surface area (Å²) in [5, 5.41) is 2.81. The number of hydrogen-bond donors (Lipinski definition) is 0. The van der Waals surface area contributed by atoms with Crippen LogP contribution in [0.5, 0.6) is 0 Å². The van der Waals surface area contributed by atoms with Crippen molar-refractivity contribution >= 4 is 36.4 Å². The standard InChI is InChI=1S/C13H21PSSe/c1-4-5-11-16-14(15,12(2)3)13-9-7-6-8-10-13/h6-10,12H,4-5,11H2,1-3H3. The van der Waals surface area contributed by atoms with Crippen LogP contribution in [0.1, 0.15) is 33.6 Å². The normalized spacial score (nSPS) is 15.0. The molecule has 0 N–H and O–H groups in total. The van der Waals surface area contributed by atoms with E-state index in [1.165, 1.54) is 23.5 Å². The third kappa shape index (κ3) is 3.70. The maximum absolute atomic E-state index is 6.04. The zero-order chi connectivity index (χ0) is 12.0. The molecule has 0 aliphatic rings. The van der Waals surface area contributed by atoms with Gasteiger partial charge < -0.3 is 0 Å². The van der Waals surface area contributed by atoms with Crippen molar-refractivity contribution in [1.82, 2.24) is 0 Å². The Morgan fingerprint density at radius 2 is 1.88 bits per heavy atom. The molecule has 0 aliphatic heterocycles. The Kier molecular flexibility index (Phi) is 6.29. The number of benzene rings is 1. The Labute approximate surface area is 111 Å². The topological polar surface area (TPSA) is 0 Å². The summed E-state index contributed by atoms with van der Waals surface area (Å²) in [6.45, 7) is 6.88. The fourth-order valence-corrected chi connectivity index (χ4v) is 11.8. The van der Waals surface area contributed by atoms with Crippen LogP contribution in [-0.2, 0) is 11.8 Å². The molecule has 0 heterocycles. The molecule has 0 aromatic heterocycles. The average molecular weight is 319 g/mol. The predicted molar refractivity (Wildman–Crippen MR) is 81.0 cm³/mol. The fraction of sp³-hybridized carbons (Fsp3) is 0.538. The summed E-state index contributed by atoms with van der Waals surface area (Å²) in [5.41, 5.74) is 0.654. The molecule has 0 radical (unpaired) electrons. The van der Waals surface area contributed by atoms with E-state index in [1.54, 1.807) is 0 Å². The molecular weight excluding hydrogens is 298 g/mol. The Morgan fingerprint density at radius 3 is 2.38 bits per heavy atom. The van der Waals surface area contributed by atoms with E-state index in [2.05, 4.69) is 51.1 Å². The van der Waals surface area contributed by atoms with Gasteiger partial charge in [0.1, 0.15) is 0 Å². The van der Waals surface area contributed by atoms with Crippen LogP contribution in [0.3, 0.4) is 0 Å². The summed E-state index contributed by atoms with van der Waals surface area (Å²) in [7, 11) is 0. The van der Waals surface area contributed by atoms with E-state index in [0.717, 1.165) is 0 Å². The summed E-state index contributed by atoms with van der Waals surface area (Å²) in [6.07, 6.45) is 2.64. The van der Waals surface area contributed by atoms with Crippen LogP contribution in [-0.4, -0.2) is 20.2 Å². The van der Waals surface area contributed by atoms with Gasteiger partial charge in [-0.2, -0.15) is 0 Å². The third-order valence-corrected chi connectivity index (χ3v) is 17.2. The van der Waals surface area contributed by atoms with Crippen molar-refractivity contribution in [2.45, 2.75) is 44.6 Å². The molecule has 0 saturated carbocycles. The summed E-state index contributed by atoms with van der Waals surface area (Å²) >= 11 is 6.68. The molecule has 0 nitrogen and oxygen atoms in total. The first kappa shape index (κ1) is 14.5. The van der Waals surface area contributed by atoms with Crippen LogP contribution in [0, 0.1) is 0 Å². The molecule has 0 spiro atoms. The molecule has 0 bridgehead atoms. The van der Waals surface area contributed by atoms with Crippen molar-refractivity contribution in [3.05, 3.63) is 30.3 Å².